The monoisotopic (exact) mass is 629 g/mol. The van der Waals surface area contributed by atoms with Crippen LogP contribution in [0, 0.1) is 12.8 Å². The number of H-pyrrole nitrogens is 1. The smallest absolute Gasteiger partial charge is 0.243 e. The minimum absolute atomic E-state index is 0.0594. The van der Waals surface area contributed by atoms with Crippen molar-refractivity contribution in [3.63, 3.8) is 0 Å². The van der Waals surface area contributed by atoms with Crippen molar-refractivity contribution in [2.45, 2.75) is 71.5 Å². The van der Waals surface area contributed by atoms with Gasteiger partial charge in [0.15, 0.2) is 4.96 Å². The third-order valence-electron chi connectivity index (χ3n) is 8.13. The van der Waals surface area contributed by atoms with E-state index in [2.05, 4.69) is 39.5 Å². The predicted octanol–water partition coefficient (Wildman–Crippen LogP) is 3.57. The second kappa shape index (κ2) is 13.2. The highest BCUT2D eigenvalue weighted by Crippen LogP contribution is 2.23. The van der Waals surface area contributed by atoms with E-state index in [4.69, 9.17) is 4.98 Å². The van der Waals surface area contributed by atoms with Crippen molar-refractivity contribution in [3.8, 4) is 0 Å². The van der Waals surface area contributed by atoms with Gasteiger partial charge in [0, 0.05) is 60.8 Å². The lowest BCUT2D eigenvalue weighted by atomic mass is 10.0. The molecule has 1 aliphatic heterocycles. The summed E-state index contributed by atoms with van der Waals surface area (Å²) >= 11 is 1.52. The Morgan fingerprint density at radius 3 is 2.76 bits per heavy atom. The quantitative estimate of drug-likeness (QED) is 0.262. The maximum Gasteiger partial charge on any atom is 0.243 e. The van der Waals surface area contributed by atoms with Gasteiger partial charge in [-0.05, 0) is 37.3 Å². The molecule has 3 N–H and O–H groups in total. The number of thiazole rings is 1. The van der Waals surface area contributed by atoms with E-state index in [0.29, 0.717) is 56.2 Å². The van der Waals surface area contributed by atoms with Gasteiger partial charge >= 0.3 is 0 Å². The molecule has 4 aromatic heterocycles. The molecule has 2 atom stereocenters. The highest BCUT2D eigenvalue weighted by molar-refractivity contribution is 7.15. The Bertz CT molecular complexity index is 1790. The normalized spacial score (nSPS) is 18.6. The van der Waals surface area contributed by atoms with E-state index < -0.39 is 12.1 Å². The lowest BCUT2D eigenvalue weighted by Crippen LogP contribution is -2.49. The molecular formula is C32H39N9O3S. The zero-order chi connectivity index (χ0) is 31.5. The number of carbonyl (C=O) groups is 3. The Balaban J connectivity index is 1.28. The van der Waals surface area contributed by atoms with Gasteiger partial charge in [0.2, 0.25) is 17.7 Å². The lowest BCUT2D eigenvalue weighted by Gasteiger charge is -2.27. The van der Waals surface area contributed by atoms with Crippen LogP contribution >= 0.6 is 11.3 Å². The first kappa shape index (κ1) is 30.5. The first-order valence-corrected chi connectivity index (χ1v) is 16.4. The van der Waals surface area contributed by atoms with Crippen molar-refractivity contribution in [3.05, 3.63) is 71.1 Å². The lowest BCUT2D eigenvalue weighted by molar-refractivity contribution is -0.131. The SMILES string of the molecule is Cc1nc2n(n1)CCN(C(=O)Cc1cn3ccsc3n1)CCCC(=O)N[C@H](Cc1c[nH]c3ccccc13)C(=O)N[C@H]2CC(C)C. The number of aromatic nitrogens is 6. The molecule has 0 saturated carbocycles. The summed E-state index contributed by atoms with van der Waals surface area (Å²) in [4.78, 5) is 56.0. The number of imidazole rings is 1. The molecule has 0 unspecified atom stereocenters. The van der Waals surface area contributed by atoms with Gasteiger partial charge < -0.3 is 20.5 Å². The number of aromatic amines is 1. The van der Waals surface area contributed by atoms with Crippen molar-refractivity contribution in [1.82, 2.24) is 44.7 Å². The predicted molar refractivity (Wildman–Crippen MR) is 172 cm³/mol. The number of nitrogens with one attached hydrogen (secondary N) is 3. The first-order valence-electron chi connectivity index (χ1n) is 15.5. The van der Waals surface area contributed by atoms with Crippen LogP contribution in [0.4, 0.5) is 0 Å². The van der Waals surface area contributed by atoms with Gasteiger partial charge in [-0.3, -0.25) is 18.8 Å². The van der Waals surface area contributed by atoms with Crippen molar-refractivity contribution in [1.29, 1.82) is 0 Å². The molecule has 5 heterocycles. The molecule has 0 spiro atoms. The third-order valence-corrected chi connectivity index (χ3v) is 8.90. The minimum atomic E-state index is -0.792. The maximum absolute atomic E-state index is 13.9. The summed E-state index contributed by atoms with van der Waals surface area (Å²) in [7, 11) is 0. The van der Waals surface area contributed by atoms with Crippen LogP contribution in [0.5, 0.6) is 0 Å². The van der Waals surface area contributed by atoms with Gasteiger partial charge in [0.25, 0.3) is 0 Å². The van der Waals surface area contributed by atoms with Crippen LogP contribution in [0.1, 0.15) is 62.1 Å². The molecule has 0 radical (unpaired) electrons. The van der Waals surface area contributed by atoms with E-state index in [1.807, 2.05) is 64.2 Å². The molecular weight excluding hydrogens is 590 g/mol. The second-order valence-electron chi connectivity index (χ2n) is 12.1. The van der Waals surface area contributed by atoms with E-state index in [1.165, 1.54) is 11.3 Å². The Morgan fingerprint density at radius 1 is 1.09 bits per heavy atom. The van der Waals surface area contributed by atoms with Crippen molar-refractivity contribution < 1.29 is 14.4 Å². The summed E-state index contributed by atoms with van der Waals surface area (Å²) < 4.78 is 3.73. The molecule has 0 aliphatic carbocycles. The van der Waals surface area contributed by atoms with Crippen molar-refractivity contribution >= 4 is 44.9 Å². The summed E-state index contributed by atoms with van der Waals surface area (Å²) in [5.41, 5.74) is 2.63. The molecule has 3 amide bonds. The Morgan fingerprint density at radius 2 is 1.93 bits per heavy atom. The number of aryl methyl sites for hydroxylation is 1. The number of nitrogens with zero attached hydrogens (tertiary/aromatic N) is 6. The molecule has 1 aromatic carbocycles. The van der Waals surface area contributed by atoms with Gasteiger partial charge in [-0.2, -0.15) is 5.10 Å². The fraction of sp³-hybridized carbons (Fsp3) is 0.438. The molecule has 13 heteroatoms. The van der Waals surface area contributed by atoms with E-state index in [1.54, 1.807) is 4.90 Å². The number of amides is 3. The van der Waals surface area contributed by atoms with Crippen LogP contribution in [-0.2, 0) is 33.8 Å². The highest BCUT2D eigenvalue weighted by atomic mass is 32.1. The molecule has 12 nitrogen and oxygen atoms in total. The Hall–Kier alpha value is -4.52. The molecule has 5 aromatic rings. The number of hydrogen-bond donors (Lipinski definition) is 3. The number of para-hydroxylation sites is 1. The average Bonchev–Trinajstić information content (AvgIpc) is 3.77. The highest BCUT2D eigenvalue weighted by Gasteiger charge is 2.29. The summed E-state index contributed by atoms with van der Waals surface area (Å²) in [6.07, 6.45) is 7.48. The molecule has 1 aliphatic rings. The van der Waals surface area contributed by atoms with Gasteiger partial charge in [0.1, 0.15) is 17.7 Å². The molecule has 6 rings (SSSR count). The second-order valence-corrected chi connectivity index (χ2v) is 13.0. The Kier molecular flexibility index (Phi) is 8.97. The van der Waals surface area contributed by atoms with E-state index in [-0.39, 0.29) is 36.5 Å². The van der Waals surface area contributed by atoms with Crippen LogP contribution < -0.4 is 10.6 Å². The molecule has 45 heavy (non-hydrogen) atoms. The van der Waals surface area contributed by atoms with Crippen molar-refractivity contribution in [2.24, 2.45) is 5.92 Å². The number of fused-ring (bicyclic) bond motifs is 3. The summed E-state index contributed by atoms with van der Waals surface area (Å²) in [5.74, 6) is 0.941. The van der Waals surface area contributed by atoms with Crippen LogP contribution in [0.25, 0.3) is 15.9 Å². The number of carbonyl (C=O) groups excluding carboxylic acids is 3. The standard InChI is InChI=1S/C32H39N9O3S/c1-20(2)15-26-30-34-21(3)38-41(30)12-11-39(29(43)17-23-19-40-13-14-45-32(40)35-23)10-6-9-28(42)36-27(31(44)37-26)16-22-18-33-25-8-5-4-7-24(22)25/h4-5,7-8,13-14,18-20,26-27,33H,6,9-12,15-17H2,1-3H3,(H,36,42)(H,37,44)/t26-,27+/m0/s1. The topological polar surface area (TPSA) is 142 Å². The van der Waals surface area contributed by atoms with Crippen LogP contribution in [-0.4, -0.2) is 70.9 Å². The van der Waals surface area contributed by atoms with Crippen molar-refractivity contribution in [2.75, 3.05) is 13.1 Å². The summed E-state index contributed by atoms with van der Waals surface area (Å²) in [6.45, 7) is 7.22. The Labute approximate surface area is 265 Å². The van der Waals surface area contributed by atoms with Crippen LogP contribution in [0.15, 0.2) is 48.2 Å². The molecule has 0 saturated heterocycles. The van der Waals surface area contributed by atoms with Crippen LogP contribution in [0.2, 0.25) is 0 Å². The maximum atomic E-state index is 13.9. The number of benzene rings is 1. The van der Waals surface area contributed by atoms with Gasteiger partial charge in [-0.25, -0.2) is 14.6 Å². The fourth-order valence-corrected chi connectivity index (χ4v) is 6.72. The van der Waals surface area contributed by atoms with Gasteiger partial charge in [-0.1, -0.05) is 32.0 Å². The minimum Gasteiger partial charge on any atom is -0.361 e. The van der Waals surface area contributed by atoms with E-state index in [0.717, 1.165) is 21.4 Å². The summed E-state index contributed by atoms with van der Waals surface area (Å²) in [6, 6.07) is 6.70. The first-order chi connectivity index (χ1) is 21.7. The van der Waals surface area contributed by atoms with Crippen LogP contribution in [0.3, 0.4) is 0 Å². The van der Waals surface area contributed by atoms with E-state index in [9.17, 15) is 14.4 Å². The molecule has 0 fully saturated rings. The summed E-state index contributed by atoms with van der Waals surface area (Å²) in [5, 5.41) is 13.8. The zero-order valence-corrected chi connectivity index (χ0v) is 26.6. The molecule has 236 valence electrons. The fourth-order valence-electron chi connectivity index (χ4n) is 6.00. The largest absolute Gasteiger partial charge is 0.361 e. The average molecular weight is 630 g/mol. The third kappa shape index (κ3) is 7.08. The molecule has 0 bridgehead atoms. The number of rotatable bonds is 6. The van der Waals surface area contributed by atoms with Gasteiger partial charge in [0.05, 0.1) is 24.7 Å². The number of hydrogen-bond acceptors (Lipinski definition) is 7. The zero-order valence-electron chi connectivity index (χ0n) is 25.8. The van der Waals surface area contributed by atoms with Gasteiger partial charge in [-0.15, -0.1) is 11.3 Å². The van der Waals surface area contributed by atoms with E-state index >= 15 is 0 Å².